The first-order valence-corrected chi connectivity index (χ1v) is 6.90. The van der Waals surface area contributed by atoms with E-state index >= 15 is 0 Å². The smallest absolute Gasteiger partial charge is 0.419 e. The van der Waals surface area contributed by atoms with Gasteiger partial charge in [-0.1, -0.05) is 0 Å². The molecule has 2 rings (SSSR count). The summed E-state index contributed by atoms with van der Waals surface area (Å²) in [4.78, 5) is 11.3. The molecular weight excluding hydrogens is 329 g/mol. The maximum absolute atomic E-state index is 12.5. The molecule has 0 unspecified atom stereocenters. The number of carbonyl (C=O) groups excluding carboxylic acids is 1. The van der Waals surface area contributed by atoms with Gasteiger partial charge in [0, 0.05) is 6.07 Å². The predicted octanol–water partition coefficient (Wildman–Crippen LogP) is 4.03. The van der Waals surface area contributed by atoms with E-state index in [-0.39, 0.29) is 24.7 Å². The van der Waals surface area contributed by atoms with Crippen LogP contribution in [0.2, 0.25) is 0 Å². The SMILES string of the molecule is CCOC(=O)Nc1ccc(OCc2cc(C(F)(F)F)co2)cc1N. The number of halogens is 3. The summed E-state index contributed by atoms with van der Waals surface area (Å²) < 4.78 is 52.2. The van der Waals surface area contributed by atoms with E-state index < -0.39 is 17.8 Å². The van der Waals surface area contributed by atoms with E-state index in [0.29, 0.717) is 17.7 Å². The number of nitrogens with two attached hydrogens (primary N) is 1. The number of ether oxygens (including phenoxy) is 2. The first-order valence-electron chi connectivity index (χ1n) is 6.90. The molecule has 0 spiro atoms. The molecule has 0 saturated carbocycles. The van der Waals surface area contributed by atoms with Crippen LogP contribution in [0, 0.1) is 0 Å². The number of anilines is 2. The van der Waals surface area contributed by atoms with Crippen molar-refractivity contribution in [2.45, 2.75) is 19.7 Å². The third-order valence-corrected chi connectivity index (χ3v) is 2.90. The van der Waals surface area contributed by atoms with Gasteiger partial charge in [-0.05, 0) is 25.1 Å². The lowest BCUT2D eigenvalue weighted by molar-refractivity contribution is -0.137. The molecule has 6 nitrogen and oxygen atoms in total. The fourth-order valence-electron chi connectivity index (χ4n) is 1.78. The number of hydrogen-bond donors (Lipinski definition) is 2. The van der Waals surface area contributed by atoms with Crippen molar-refractivity contribution in [1.82, 2.24) is 0 Å². The molecule has 0 radical (unpaired) electrons. The summed E-state index contributed by atoms with van der Waals surface area (Å²) in [6.07, 6.45) is -4.49. The summed E-state index contributed by atoms with van der Waals surface area (Å²) in [7, 11) is 0. The van der Waals surface area contributed by atoms with Gasteiger partial charge in [0.1, 0.15) is 24.4 Å². The summed E-state index contributed by atoms with van der Waals surface area (Å²) in [5, 5.41) is 2.45. The summed E-state index contributed by atoms with van der Waals surface area (Å²) in [6.45, 7) is 1.69. The quantitative estimate of drug-likeness (QED) is 0.800. The average Bonchev–Trinajstić information content (AvgIpc) is 2.97. The average molecular weight is 344 g/mol. The summed E-state index contributed by atoms with van der Waals surface area (Å²) >= 11 is 0. The van der Waals surface area contributed by atoms with Crippen LogP contribution in [0.15, 0.2) is 34.9 Å². The molecule has 1 amide bonds. The van der Waals surface area contributed by atoms with E-state index in [4.69, 9.17) is 19.6 Å². The highest BCUT2D eigenvalue weighted by Crippen LogP contribution is 2.31. The van der Waals surface area contributed by atoms with Crippen LogP contribution in [-0.2, 0) is 17.5 Å². The predicted molar refractivity (Wildman–Crippen MR) is 79.5 cm³/mol. The molecule has 0 aliphatic heterocycles. The maximum atomic E-state index is 12.5. The van der Waals surface area contributed by atoms with Gasteiger partial charge in [-0.25, -0.2) is 4.79 Å². The van der Waals surface area contributed by atoms with E-state index in [2.05, 4.69) is 5.32 Å². The van der Waals surface area contributed by atoms with Crippen molar-refractivity contribution in [3.63, 3.8) is 0 Å². The van der Waals surface area contributed by atoms with Gasteiger partial charge in [-0.15, -0.1) is 0 Å². The van der Waals surface area contributed by atoms with E-state index in [1.165, 1.54) is 18.2 Å². The number of nitrogen functional groups attached to an aromatic ring is 1. The Morgan fingerprint density at radius 1 is 1.33 bits per heavy atom. The second-order valence-corrected chi connectivity index (χ2v) is 4.68. The van der Waals surface area contributed by atoms with Crippen LogP contribution in [0.4, 0.5) is 29.3 Å². The molecule has 24 heavy (non-hydrogen) atoms. The number of rotatable bonds is 5. The Hall–Kier alpha value is -2.84. The highest BCUT2D eigenvalue weighted by molar-refractivity contribution is 5.89. The van der Waals surface area contributed by atoms with Crippen LogP contribution in [0.1, 0.15) is 18.2 Å². The van der Waals surface area contributed by atoms with Crippen LogP contribution in [0.5, 0.6) is 5.75 Å². The van der Waals surface area contributed by atoms with Gasteiger partial charge in [0.2, 0.25) is 0 Å². The molecule has 3 N–H and O–H groups in total. The monoisotopic (exact) mass is 344 g/mol. The minimum absolute atomic E-state index is 0.0228. The first kappa shape index (κ1) is 17.5. The van der Waals surface area contributed by atoms with Gasteiger partial charge >= 0.3 is 12.3 Å². The Morgan fingerprint density at radius 2 is 2.08 bits per heavy atom. The van der Waals surface area contributed by atoms with E-state index in [1.807, 2.05) is 0 Å². The minimum atomic E-state index is -4.47. The molecule has 0 saturated heterocycles. The van der Waals surface area contributed by atoms with Crippen molar-refractivity contribution in [3.8, 4) is 5.75 Å². The van der Waals surface area contributed by atoms with Crippen molar-refractivity contribution < 1.29 is 31.9 Å². The van der Waals surface area contributed by atoms with Crippen molar-refractivity contribution >= 4 is 17.5 Å². The molecule has 0 atom stereocenters. The molecule has 1 heterocycles. The van der Waals surface area contributed by atoms with E-state index in [9.17, 15) is 18.0 Å². The molecule has 0 aliphatic rings. The Bertz CT molecular complexity index is 713. The standard InChI is InChI=1S/C15H15F3N2O4/c1-2-22-14(21)20-13-4-3-10(6-12(13)19)24-8-11-5-9(7-23-11)15(16,17)18/h3-7H,2,8,19H2,1H3,(H,20,21). The minimum Gasteiger partial charge on any atom is -0.486 e. The largest absolute Gasteiger partial charge is 0.486 e. The Kier molecular flexibility index (Phi) is 5.22. The number of benzene rings is 1. The van der Waals surface area contributed by atoms with Gasteiger partial charge < -0.3 is 19.6 Å². The third kappa shape index (κ3) is 4.58. The molecule has 0 aliphatic carbocycles. The normalized spacial score (nSPS) is 11.2. The summed E-state index contributed by atoms with van der Waals surface area (Å²) in [5.41, 5.74) is 5.44. The lowest BCUT2D eigenvalue weighted by Crippen LogP contribution is -2.14. The Balaban J connectivity index is 1.97. The summed E-state index contributed by atoms with van der Waals surface area (Å²) in [6, 6.07) is 5.28. The lowest BCUT2D eigenvalue weighted by atomic mass is 10.2. The number of nitrogens with one attached hydrogen (secondary N) is 1. The van der Waals surface area contributed by atoms with Gasteiger partial charge in [-0.2, -0.15) is 13.2 Å². The molecule has 9 heteroatoms. The molecule has 1 aromatic heterocycles. The lowest BCUT2D eigenvalue weighted by Gasteiger charge is -2.10. The van der Waals surface area contributed by atoms with Crippen LogP contribution in [0.25, 0.3) is 0 Å². The molecule has 130 valence electrons. The molecular formula is C15H15F3N2O4. The highest BCUT2D eigenvalue weighted by atomic mass is 19.4. The maximum Gasteiger partial charge on any atom is 0.419 e. The Labute approximate surface area is 135 Å². The topological polar surface area (TPSA) is 86.7 Å². The van der Waals surface area contributed by atoms with Crippen LogP contribution >= 0.6 is 0 Å². The van der Waals surface area contributed by atoms with Crippen molar-refractivity contribution in [2.75, 3.05) is 17.7 Å². The Morgan fingerprint density at radius 3 is 2.67 bits per heavy atom. The summed E-state index contributed by atoms with van der Waals surface area (Å²) in [5.74, 6) is 0.335. The van der Waals surface area contributed by atoms with Crippen LogP contribution < -0.4 is 15.8 Å². The van der Waals surface area contributed by atoms with Gasteiger partial charge in [-0.3, -0.25) is 5.32 Å². The zero-order valence-electron chi connectivity index (χ0n) is 12.6. The molecule has 2 aromatic rings. The van der Waals surface area contributed by atoms with Crippen molar-refractivity contribution in [1.29, 1.82) is 0 Å². The van der Waals surface area contributed by atoms with Crippen molar-refractivity contribution in [3.05, 3.63) is 41.9 Å². The fourth-order valence-corrected chi connectivity index (χ4v) is 1.78. The zero-order chi connectivity index (χ0) is 17.7. The highest BCUT2D eigenvalue weighted by Gasteiger charge is 2.32. The van der Waals surface area contributed by atoms with Crippen LogP contribution in [-0.4, -0.2) is 12.7 Å². The van der Waals surface area contributed by atoms with E-state index in [0.717, 1.165) is 6.07 Å². The molecule has 0 fully saturated rings. The second-order valence-electron chi connectivity index (χ2n) is 4.68. The number of carbonyl (C=O) groups is 1. The van der Waals surface area contributed by atoms with Gasteiger partial charge in [0.15, 0.2) is 0 Å². The van der Waals surface area contributed by atoms with Crippen molar-refractivity contribution in [2.24, 2.45) is 0 Å². The second kappa shape index (κ2) is 7.16. The molecule has 1 aromatic carbocycles. The fraction of sp³-hybridized carbons (Fsp3) is 0.267. The number of hydrogen-bond acceptors (Lipinski definition) is 5. The van der Waals surface area contributed by atoms with E-state index in [1.54, 1.807) is 6.92 Å². The van der Waals surface area contributed by atoms with Gasteiger partial charge in [0.05, 0.1) is 23.5 Å². The first-order chi connectivity index (χ1) is 11.3. The van der Waals surface area contributed by atoms with Crippen LogP contribution in [0.3, 0.4) is 0 Å². The number of alkyl halides is 3. The van der Waals surface area contributed by atoms with Gasteiger partial charge in [0.25, 0.3) is 0 Å². The molecule has 0 bridgehead atoms. The number of furan rings is 1. The third-order valence-electron chi connectivity index (χ3n) is 2.90. The zero-order valence-corrected chi connectivity index (χ0v) is 12.6. The number of amides is 1.